The maximum atomic E-state index is 11.3. The lowest BCUT2D eigenvalue weighted by Gasteiger charge is -2.25. The molecule has 1 aliphatic rings. The van der Waals surface area contributed by atoms with Crippen molar-refractivity contribution in [1.82, 2.24) is 10.2 Å². The molecule has 102 valence electrons. The van der Waals surface area contributed by atoms with E-state index in [1.807, 2.05) is 11.3 Å². The van der Waals surface area contributed by atoms with Crippen molar-refractivity contribution in [3.05, 3.63) is 21.9 Å². The van der Waals surface area contributed by atoms with Crippen LogP contribution >= 0.6 is 11.3 Å². The Kier molecular flexibility index (Phi) is 4.77. The molecule has 0 aromatic carbocycles. The normalized spacial score (nSPS) is 20.1. The molecule has 1 fully saturated rings. The number of hydrogen-bond donors (Lipinski definition) is 1. The van der Waals surface area contributed by atoms with Crippen LogP contribution in [0.4, 0.5) is 0 Å². The first kappa shape index (κ1) is 14.0. The minimum absolute atomic E-state index is 0.308. The quantitative estimate of drug-likeness (QED) is 0.881. The lowest BCUT2D eigenvalue weighted by atomic mass is 10.4. The third kappa shape index (κ3) is 4.05. The maximum Gasteiger partial charge on any atom is 0.152 e. The van der Waals surface area contributed by atoms with Crippen molar-refractivity contribution in [2.45, 2.75) is 20.0 Å². The zero-order valence-corrected chi connectivity index (χ0v) is 12.3. The van der Waals surface area contributed by atoms with Crippen LogP contribution in [0.3, 0.4) is 0 Å². The molecular formula is C12H20N2O2S2. The third-order valence-electron chi connectivity index (χ3n) is 3.08. The molecule has 2 heterocycles. The summed E-state index contributed by atoms with van der Waals surface area (Å²) in [6.45, 7) is 6.23. The second kappa shape index (κ2) is 6.14. The number of nitrogens with one attached hydrogen (secondary N) is 1. The topological polar surface area (TPSA) is 49.4 Å². The van der Waals surface area contributed by atoms with Gasteiger partial charge in [0.15, 0.2) is 9.84 Å². The molecule has 6 heteroatoms. The molecule has 0 aliphatic carbocycles. The minimum atomic E-state index is -2.76. The maximum absolute atomic E-state index is 11.3. The van der Waals surface area contributed by atoms with E-state index in [-0.39, 0.29) is 0 Å². The summed E-state index contributed by atoms with van der Waals surface area (Å²) in [5.74, 6) is 0.616. The average Bonchev–Trinajstić information content (AvgIpc) is 2.77. The molecule has 1 aliphatic heterocycles. The smallest absolute Gasteiger partial charge is 0.152 e. The summed E-state index contributed by atoms with van der Waals surface area (Å²) < 4.78 is 22.7. The summed E-state index contributed by atoms with van der Waals surface area (Å²) in [6, 6.07) is 4.31. The first-order valence-corrected chi connectivity index (χ1v) is 8.94. The van der Waals surface area contributed by atoms with Crippen LogP contribution in [0.15, 0.2) is 12.1 Å². The average molecular weight is 288 g/mol. The molecule has 18 heavy (non-hydrogen) atoms. The van der Waals surface area contributed by atoms with Gasteiger partial charge < -0.3 is 5.32 Å². The van der Waals surface area contributed by atoms with Gasteiger partial charge in [0.25, 0.3) is 0 Å². The summed E-state index contributed by atoms with van der Waals surface area (Å²) in [5, 5.41) is 3.31. The Bertz CT molecular complexity index is 468. The standard InChI is InChI=1S/C12H20N2O2S2/c1-2-13-9-11-3-4-12(17-11)10-14-5-7-18(15,16)8-6-14/h3-4,13H,2,5-10H2,1H3. The first-order valence-electron chi connectivity index (χ1n) is 6.30. The Balaban J connectivity index is 1.84. The highest BCUT2D eigenvalue weighted by Crippen LogP contribution is 2.19. The van der Waals surface area contributed by atoms with Gasteiger partial charge in [-0.3, -0.25) is 4.90 Å². The molecule has 0 radical (unpaired) electrons. The lowest BCUT2D eigenvalue weighted by molar-refractivity contribution is 0.290. The van der Waals surface area contributed by atoms with Crippen LogP contribution < -0.4 is 5.32 Å². The predicted octanol–water partition coefficient (Wildman–Crippen LogP) is 1.09. The summed E-state index contributed by atoms with van der Waals surface area (Å²) in [7, 11) is -2.76. The van der Waals surface area contributed by atoms with Crippen LogP contribution in [-0.2, 0) is 22.9 Å². The molecule has 0 spiro atoms. The summed E-state index contributed by atoms with van der Waals surface area (Å²) in [4.78, 5) is 4.89. The van der Waals surface area contributed by atoms with Crippen molar-refractivity contribution >= 4 is 21.2 Å². The van der Waals surface area contributed by atoms with Crippen LogP contribution in [0.5, 0.6) is 0 Å². The van der Waals surface area contributed by atoms with Crippen molar-refractivity contribution in [1.29, 1.82) is 0 Å². The molecule has 0 saturated carbocycles. The monoisotopic (exact) mass is 288 g/mol. The predicted molar refractivity (Wildman–Crippen MR) is 75.6 cm³/mol. The second-order valence-electron chi connectivity index (χ2n) is 4.58. The highest BCUT2D eigenvalue weighted by molar-refractivity contribution is 7.91. The van der Waals surface area contributed by atoms with Crippen LogP contribution in [0, 0.1) is 0 Å². The zero-order valence-electron chi connectivity index (χ0n) is 10.7. The minimum Gasteiger partial charge on any atom is -0.312 e. The van der Waals surface area contributed by atoms with Crippen LogP contribution in [0.2, 0.25) is 0 Å². The van der Waals surface area contributed by atoms with Crippen molar-refractivity contribution in [3.8, 4) is 0 Å². The fraction of sp³-hybridized carbons (Fsp3) is 0.667. The van der Waals surface area contributed by atoms with Crippen molar-refractivity contribution < 1.29 is 8.42 Å². The highest BCUT2D eigenvalue weighted by Gasteiger charge is 2.21. The van der Waals surface area contributed by atoms with E-state index in [0.717, 1.165) is 19.6 Å². The zero-order chi connectivity index (χ0) is 13.0. The van der Waals surface area contributed by atoms with Gasteiger partial charge in [-0.05, 0) is 18.7 Å². The van der Waals surface area contributed by atoms with E-state index >= 15 is 0 Å². The van der Waals surface area contributed by atoms with E-state index in [0.29, 0.717) is 24.6 Å². The van der Waals surface area contributed by atoms with Gasteiger partial charge in [-0.25, -0.2) is 8.42 Å². The van der Waals surface area contributed by atoms with Gasteiger partial charge in [0.05, 0.1) is 11.5 Å². The van der Waals surface area contributed by atoms with Gasteiger partial charge in [-0.1, -0.05) is 6.92 Å². The molecular weight excluding hydrogens is 268 g/mol. The fourth-order valence-electron chi connectivity index (χ4n) is 1.98. The second-order valence-corrected chi connectivity index (χ2v) is 8.13. The molecule has 2 rings (SSSR count). The van der Waals surface area contributed by atoms with Gasteiger partial charge in [0.2, 0.25) is 0 Å². The molecule has 1 N–H and O–H groups in total. The summed E-state index contributed by atoms with van der Waals surface area (Å²) in [6.07, 6.45) is 0. The van der Waals surface area contributed by atoms with Gasteiger partial charge >= 0.3 is 0 Å². The van der Waals surface area contributed by atoms with Crippen LogP contribution in [0.25, 0.3) is 0 Å². The Labute approximate surface area is 113 Å². The Morgan fingerprint density at radius 3 is 2.61 bits per heavy atom. The summed E-state index contributed by atoms with van der Waals surface area (Å²) in [5.41, 5.74) is 0. The van der Waals surface area contributed by atoms with E-state index < -0.39 is 9.84 Å². The van der Waals surface area contributed by atoms with Gasteiger partial charge in [-0.2, -0.15) is 0 Å². The van der Waals surface area contributed by atoms with Gasteiger partial charge in [0.1, 0.15) is 0 Å². The lowest BCUT2D eigenvalue weighted by Crippen LogP contribution is -2.39. The molecule has 1 aromatic rings. The molecule has 1 aromatic heterocycles. The molecule has 0 bridgehead atoms. The number of nitrogens with zero attached hydrogens (tertiary/aromatic N) is 1. The number of thiophene rings is 1. The molecule has 4 nitrogen and oxygen atoms in total. The van der Waals surface area contributed by atoms with Crippen molar-refractivity contribution in [2.75, 3.05) is 31.1 Å². The third-order valence-corrected chi connectivity index (χ3v) is 5.76. The Hall–Kier alpha value is -0.430. The molecule has 0 unspecified atom stereocenters. The largest absolute Gasteiger partial charge is 0.312 e. The fourth-order valence-corrected chi connectivity index (χ4v) is 4.29. The van der Waals surface area contributed by atoms with Crippen molar-refractivity contribution in [3.63, 3.8) is 0 Å². The van der Waals surface area contributed by atoms with E-state index in [2.05, 4.69) is 29.3 Å². The van der Waals surface area contributed by atoms with Crippen molar-refractivity contribution in [2.24, 2.45) is 0 Å². The number of hydrogen-bond acceptors (Lipinski definition) is 5. The van der Waals surface area contributed by atoms with E-state index in [4.69, 9.17) is 0 Å². The van der Waals surface area contributed by atoms with Gasteiger partial charge in [-0.15, -0.1) is 11.3 Å². The van der Waals surface area contributed by atoms with Crippen LogP contribution in [-0.4, -0.2) is 44.5 Å². The molecule has 0 amide bonds. The van der Waals surface area contributed by atoms with E-state index in [9.17, 15) is 8.42 Å². The molecule has 1 saturated heterocycles. The molecule has 0 atom stereocenters. The highest BCUT2D eigenvalue weighted by atomic mass is 32.2. The van der Waals surface area contributed by atoms with Gasteiger partial charge in [0, 0.05) is 35.9 Å². The van der Waals surface area contributed by atoms with E-state index in [1.165, 1.54) is 9.75 Å². The Morgan fingerprint density at radius 2 is 1.94 bits per heavy atom. The first-order chi connectivity index (χ1) is 8.59. The van der Waals surface area contributed by atoms with Crippen LogP contribution in [0.1, 0.15) is 16.7 Å². The summed E-state index contributed by atoms with van der Waals surface area (Å²) >= 11 is 1.81. The van der Waals surface area contributed by atoms with E-state index in [1.54, 1.807) is 0 Å². The number of rotatable bonds is 5. The SMILES string of the molecule is CCNCc1ccc(CN2CCS(=O)(=O)CC2)s1. The Morgan fingerprint density at radius 1 is 1.28 bits per heavy atom. The number of sulfone groups is 1.